The molecular formula is C22H24F2N6O2. The molecule has 2 aliphatic heterocycles. The highest BCUT2D eigenvalue weighted by molar-refractivity contribution is 5.69. The van der Waals surface area contributed by atoms with Gasteiger partial charge >= 0.3 is 0 Å². The standard InChI is InChI=1S/C22H24F2N6O2/c1-29(17-10-19-22(23,24)11-16(26-19)21(17)32-2)20-6-5-15(27-28-20)14-4-3-13(9-18(14)31)30-8-7-25-12-30/h3-9,12,16-17,19,21,26,31H,10-11H2,1-2H3/t16?,17-,19?,21-/m0/s1. The van der Waals surface area contributed by atoms with Crippen LogP contribution >= 0.6 is 0 Å². The van der Waals surface area contributed by atoms with Crippen molar-refractivity contribution < 1.29 is 18.6 Å². The van der Waals surface area contributed by atoms with Crippen LogP contribution in [0.5, 0.6) is 5.75 Å². The van der Waals surface area contributed by atoms with E-state index < -0.39 is 18.0 Å². The number of aromatic hydroxyl groups is 1. The Labute approximate surface area is 183 Å². The van der Waals surface area contributed by atoms with Gasteiger partial charge in [-0.1, -0.05) is 0 Å². The number of benzene rings is 1. The number of ether oxygens (including phenoxy) is 1. The number of likely N-dealkylation sites (N-methyl/N-ethyl adjacent to an activating group) is 1. The lowest BCUT2D eigenvalue weighted by molar-refractivity contribution is -0.0139. The number of nitrogens with one attached hydrogen (secondary N) is 1. The lowest BCUT2D eigenvalue weighted by atomic mass is 9.95. The third-order valence-electron chi connectivity index (χ3n) is 6.51. The maximum Gasteiger partial charge on any atom is 0.264 e. The zero-order chi connectivity index (χ0) is 22.5. The number of aromatic nitrogens is 4. The number of phenolic OH excluding ortho intramolecular Hbond substituents is 1. The molecule has 2 unspecified atom stereocenters. The number of methoxy groups -OCH3 is 1. The van der Waals surface area contributed by atoms with Crippen LogP contribution in [0.3, 0.4) is 0 Å². The van der Waals surface area contributed by atoms with Crippen LogP contribution < -0.4 is 10.2 Å². The van der Waals surface area contributed by atoms with Gasteiger partial charge in [-0.3, -0.25) is 0 Å². The Hall–Kier alpha value is -3.11. The second-order valence-corrected chi connectivity index (χ2v) is 8.35. The minimum atomic E-state index is -2.74. The zero-order valence-corrected chi connectivity index (χ0v) is 17.7. The largest absolute Gasteiger partial charge is 0.507 e. The van der Waals surface area contributed by atoms with E-state index in [1.807, 2.05) is 18.0 Å². The third kappa shape index (κ3) is 3.49. The normalized spacial score (nSPS) is 26.2. The molecule has 0 saturated carbocycles. The first-order valence-corrected chi connectivity index (χ1v) is 10.4. The number of piperidine rings is 1. The minimum absolute atomic E-state index is 0.0724. The van der Waals surface area contributed by atoms with Gasteiger partial charge in [0, 0.05) is 50.6 Å². The van der Waals surface area contributed by atoms with Crippen molar-refractivity contribution in [2.75, 3.05) is 19.1 Å². The molecule has 8 nitrogen and oxygen atoms in total. The molecule has 1 aromatic carbocycles. The third-order valence-corrected chi connectivity index (χ3v) is 6.51. The van der Waals surface area contributed by atoms with Gasteiger partial charge in [0.05, 0.1) is 35.9 Å². The second-order valence-electron chi connectivity index (χ2n) is 8.35. The fourth-order valence-electron chi connectivity index (χ4n) is 4.81. The summed E-state index contributed by atoms with van der Waals surface area (Å²) in [4.78, 5) is 5.86. The molecular weight excluding hydrogens is 418 g/mol. The van der Waals surface area contributed by atoms with Crippen LogP contribution in [-0.2, 0) is 4.74 Å². The van der Waals surface area contributed by atoms with Gasteiger partial charge in [0.2, 0.25) is 0 Å². The van der Waals surface area contributed by atoms with Gasteiger partial charge in [0.1, 0.15) is 5.75 Å². The van der Waals surface area contributed by atoms with E-state index in [4.69, 9.17) is 4.74 Å². The first kappa shape index (κ1) is 20.8. The van der Waals surface area contributed by atoms with E-state index in [0.29, 0.717) is 17.1 Å². The van der Waals surface area contributed by atoms with Crippen LogP contribution in [0.25, 0.3) is 16.9 Å². The van der Waals surface area contributed by atoms with E-state index >= 15 is 0 Å². The molecule has 0 aliphatic carbocycles. The molecule has 32 heavy (non-hydrogen) atoms. The number of imidazole rings is 1. The monoisotopic (exact) mass is 442 g/mol. The van der Waals surface area contributed by atoms with Gasteiger partial charge in [0.15, 0.2) is 5.82 Å². The molecule has 3 aromatic rings. The summed E-state index contributed by atoms with van der Waals surface area (Å²) in [6, 6.07) is 7.26. The number of alkyl halides is 2. The molecule has 168 valence electrons. The minimum Gasteiger partial charge on any atom is -0.507 e. The molecule has 4 heterocycles. The van der Waals surface area contributed by atoms with Crippen molar-refractivity contribution in [3.05, 3.63) is 49.1 Å². The summed E-state index contributed by atoms with van der Waals surface area (Å²) < 4.78 is 35.9. The first-order valence-electron chi connectivity index (χ1n) is 10.4. The summed E-state index contributed by atoms with van der Waals surface area (Å²) >= 11 is 0. The number of phenols is 1. The van der Waals surface area contributed by atoms with Gasteiger partial charge in [-0.05, 0) is 30.7 Å². The van der Waals surface area contributed by atoms with Crippen LogP contribution in [0.4, 0.5) is 14.6 Å². The predicted molar refractivity (Wildman–Crippen MR) is 114 cm³/mol. The highest BCUT2D eigenvalue weighted by Crippen LogP contribution is 2.42. The van der Waals surface area contributed by atoms with Crippen molar-refractivity contribution in [3.8, 4) is 22.7 Å². The van der Waals surface area contributed by atoms with E-state index in [1.54, 1.807) is 54.7 Å². The average molecular weight is 442 g/mol. The molecule has 0 radical (unpaired) electrons. The van der Waals surface area contributed by atoms with Gasteiger partial charge in [-0.2, -0.15) is 0 Å². The maximum absolute atomic E-state index is 14.3. The molecule has 4 atom stereocenters. The summed E-state index contributed by atoms with van der Waals surface area (Å²) in [5.41, 5.74) is 1.83. The van der Waals surface area contributed by atoms with Crippen molar-refractivity contribution in [1.29, 1.82) is 0 Å². The van der Waals surface area contributed by atoms with Crippen LogP contribution in [-0.4, -0.2) is 69.2 Å². The summed E-state index contributed by atoms with van der Waals surface area (Å²) in [5.74, 6) is -2.12. The molecule has 2 aliphatic rings. The number of hydrogen-bond donors (Lipinski definition) is 2. The molecule has 2 N–H and O–H groups in total. The molecule has 2 saturated heterocycles. The molecule has 0 spiro atoms. The summed E-state index contributed by atoms with van der Waals surface area (Å²) in [6.45, 7) is 0. The summed E-state index contributed by atoms with van der Waals surface area (Å²) in [7, 11) is 3.37. The highest BCUT2D eigenvalue weighted by Gasteiger charge is 2.57. The predicted octanol–water partition coefficient (Wildman–Crippen LogP) is 2.62. The summed E-state index contributed by atoms with van der Waals surface area (Å²) in [5, 5.41) is 22.1. The Balaban J connectivity index is 1.37. The number of rotatable bonds is 5. The maximum atomic E-state index is 14.3. The fraction of sp³-hybridized carbons (Fsp3) is 0.409. The molecule has 2 bridgehead atoms. The van der Waals surface area contributed by atoms with Crippen molar-refractivity contribution >= 4 is 5.82 Å². The van der Waals surface area contributed by atoms with Crippen LogP contribution in [0.2, 0.25) is 0 Å². The molecule has 2 fully saturated rings. The average Bonchev–Trinajstić information content (AvgIpc) is 3.40. The van der Waals surface area contributed by atoms with E-state index in [2.05, 4.69) is 20.5 Å². The Morgan fingerprint density at radius 1 is 1.25 bits per heavy atom. The van der Waals surface area contributed by atoms with Gasteiger partial charge in [-0.25, -0.2) is 13.8 Å². The number of anilines is 1. The topological polar surface area (TPSA) is 88.3 Å². The Morgan fingerprint density at radius 2 is 2.09 bits per heavy atom. The van der Waals surface area contributed by atoms with E-state index in [0.717, 1.165) is 5.69 Å². The lowest BCUT2D eigenvalue weighted by Crippen LogP contribution is -2.59. The Kier molecular flexibility index (Phi) is 5.06. The van der Waals surface area contributed by atoms with Crippen molar-refractivity contribution in [1.82, 2.24) is 25.1 Å². The SMILES string of the molecule is CO[C@H]1C2CC(F)(F)C(C[C@@H]1N(C)c1ccc(-c3ccc(-n4ccnc4)cc3O)nn1)N2. The zero-order valence-electron chi connectivity index (χ0n) is 17.7. The fourth-order valence-corrected chi connectivity index (χ4v) is 4.81. The number of halogens is 2. The highest BCUT2D eigenvalue weighted by atomic mass is 19.3. The second kappa shape index (κ2) is 7.79. The molecule has 2 aromatic heterocycles. The smallest absolute Gasteiger partial charge is 0.264 e. The van der Waals surface area contributed by atoms with E-state index in [9.17, 15) is 13.9 Å². The van der Waals surface area contributed by atoms with Crippen molar-refractivity contribution in [2.24, 2.45) is 0 Å². The van der Waals surface area contributed by atoms with Gasteiger partial charge in [0.25, 0.3) is 5.92 Å². The van der Waals surface area contributed by atoms with Gasteiger partial charge in [-0.15, -0.1) is 10.2 Å². The Morgan fingerprint density at radius 3 is 2.75 bits per heavy atom. The van der Waals surface area contributed by atoms with Crippen LogP contribution in [0.1, 0.15) is 12.8 Å². The van der Waals surface area contributed by atoms with Crippen molar-refractivity contribution in [3.63, 3.8) is 0 Å². The van der Waals surface area contributed by atoms with E-state index in [-0.39, 0.29) is 30.7 Å². The number of hydrogen-bond acceptors (Lipinski definition) is 7. The first-order chi connectivity index (χ1) is 15.4. The summed E-state index contributed by atoms with van der Waals surface area (Å²) in [6.07, 6.45) is 4.74. The van der Waals surface area contributed by atoms with Gasteiger partial charge < -0.3 is 24.6 Å². The van der Waals surface area contributed by atoms with Crippen LogP contribution in [0.15, 0.2) is 49.1 Å². The Bertz CT molecular complexity index is 1090. The lowest BCUT2D eigenvalue weighted by Gasteiger charge is -2.41. The quantitative estimate of drug-likeness (QED) is 0.628. The number of fused-ring (bicyclic) bond motifs is 2. The van der Waals surface area contributed by atoms with Crippen LogP contribution in [0, 0.1) is 0 Å². The van der Waals surface area contributed by atoms with E-state index in [1.165, 1.54) is 0 Å². The molecule has 5 rings (SSSR count). The number of nitrogens with zero attached hydrogens (tertiary/aromatic N) is 5. The molecule has 10 heteroatoms. The van der Waals surface area contributed by atoms with Crippen molar-refractivity contribution in [2.45, 2.75) is 43.0 Å². The molecule has 0 amide bonds.